The lowest BCUT2D eigenvalue weighted by molar-refractivity contribution is -0.121. The summed E-state index contributed by atoms with van der Waals surface area (Å²) in [5.41, 5.74) is 0. The number of hydrogen-bond donors (Lipinski definition) is 0. The molecule has 0 bridgehead atoms. The van der Waals surface area contributed by atoms with Gasteiger partial charge in [-0.1, -0.05) is 0 Å². The topological polar surface area (TPSA) is 71.1 Å². The first-order chi connectivity index (χ1) is 8.70. The Labute approximate surface area is 105 Å². The zero-order valence-electron chi connectivity index (χ0n) is 10.4. The van der Waals surface area contributed by atoms with E-state index in [-0.39, 0.29) is 24.7 Å². The second-order valence-electron chi connectivity index (χ2n) is 3.40. The molecule has 1 aliphatic rings. The van der Waals surface area contributed by atoms with Crippen LogP contribution in [0.5, 0.6) is 0 Å². The van der Waals surface area contributed by atoms with E-state index >= 15 is 0 Å². The molecule has 0 aliphatic heterocycles. The van der Waals surface area contributed by atoms with Crippen molar-refractivity contribution >= 4 is 11.6 Å². The minimum absolute atomic E-state index is 0.0735. The van der Waals surface area contributed by atoms with Crippen LogP contribution in [-0.4, -0.2) is 52.2 Å². The molecule has 0 aromatic heterocycles. The molecule has 0 aromatic rings. The Morgan fingerprint density at radius 1 is 0.778 bits per heavy atom. The molecule has 1 aliphatic carbocycles. The highest BCUT2D eigenvalue weighted by Gasteiger charge is 2.26. The zero-order chi connectivity index (χ0) is 13.4. The summed E-state index contributed by atoms with van der Waals surface area (Å²) in [6.45, 7) is 0.992. The monoisotopic (exact) mass is 256 g/mol. The van der Waals surface area contributed by atoms with Crippen molar-refractivity contribution in [3.05, 3.63) is 23.7 Å². The van der Waals surface area contributed by atoms with Crippen LogP contribution in [0.2, 0.25) is 0 Å². The molecule has 0 unspecified atom stereocenters. The SMILES string of the molecule is COCCOC1=C(OCCOC)C(=O)C=CC1=O. The highest BCUT2D eigenvalue weighted by Crippen LogP contribution is 2.16. The molecule has 0 radical (unpaired) electrons. The molecule has 0 spiro atoms. The molecular weight excluding hydrogens is 240 g/mol. The number of hydrogen-bond acceptors (Lipinski definition) is 6. The summed E-state index contributed by atoms with van der Waals surface area (Å²) in [7, 11) is 3.03. The lowest BCUT2D eigenvalue weighted by Crippen LogP contribution is -2.21. The molecule has 1 rings (SSSR count). The minimum Gasteiger partial charge on any atom is -0.484 e. The smallest absolute Gasteiger partial charge is 0.224 e. The summed E-state index contributed by atoms with van der Waals surface area (Å²) in [5, 5.41) is 0. The molecular formula is C12H16O6. The average molecular weight is 256 g/mol. The van der Waals surface area contributed by atoms with E-state index in [1.165, 1.54) is 14.2 Å². The maximum atomic E-state index is 11.6. The summed E-state index contributed by atoms with van der Waals surface area (Å²) in [4.78, 5) is 23.2. The Kier molecular flexibility index (Phi) is 6.10. The molecule has 0 saturated carbocycles. The second kappa shape index (κ2) is 7.62. The summed E-state index contributed by atoms with van der Waals surface area (Å²) in [5.74, 6) is -0.928. The predicted octanol–water partition coefficient (Wildman–Crippen LogP) is 0.232. The normalized spacial score (nSPS) is 15.2. The molecule has 0 N–H and O–H groups in total. The number of rotatable bonds is 8. The van der Waals surface area contributed by atoms with Gasteiger partial charge in [-0.3, -0.25) is 9.59 Å². The Balaban J connectivity index is 2.73. The summed E-state index contributed by atoms with van der Waals surface area (Å²) >= 11 is 0. The average Bonchev–Trinajstić information content (AvgIpc) is 2.36. The van der Waals surface area contributed by atoms with Gasteiger partial charge in [0, 0.05) is 14.2 Å². The van der Waals surface area contributed by atoms with Crippen LogP contribution in [0.3, 0.4) is 0 Å². The van der Waals surface area contributed by atoms with Crippen molar-refractivity contribution in [2.75, 3.05) is 40.6 Å². The third kappa shape index (κ3) is 3.97. The van der Waals surface area contributed by atoms with Crippen LogP contribution in [0.4, 0.5) is 0 Å². The van der Waals surface area contributed by atoms with Gasteiger partial charge < -0.3 is 18.9 Å². The number of allylic oxidation sites excluding steroid dienone is 2. The largest absolute Gasteiger partial charge is 0.484 e. The van der Waals surface area contributed by atoms with E-state index in [1.807, 2.05) is 0 Å². The highest BCUT2D eigenvalue weighted by atomic mass is 16.6. The van der Waals surface area contributed by atoms with E-state index in [0.29, 0.717) is 13.2 Å². The number of ketones is 2. The number of ether oxygens (including phenoxy) is 4. The van der Waals surface area contributed by atoms with E-state index < -0.39 is 11.6 Å². The van der Waals surface area contributed by atoms with Crippen LogP contribution >= 0.6 is 0 Å². The maximum Gasteiger partial charge on any atom is 0.224 e. The van der Waals surface area contributed by atoms with Gasteiger partial charge in [-0.2, -0.15) is 0 Å². The van der Waals surface area contributed by atoms with E-state index in [4.69, 9.17) is 18.9 Å². The summed E-state index contributed by atoms with van der Waals surface area (Å²) < 4.78 is 20.0. The van der Waals surface area contributed by atoms with Crippen LogP contribution in [0, 0.1) is 0 Å². The van der Waals surface area contributed by atoms with Gasteiger partial charge in [0.2, 0.25) is 23.1 Å². The first-order valence-corrected chi connectivity index (χ1v) is 5.45. The molecule has 0 saturated heterocycles. The van der Waals surface area contributed by atoms with Gasteiger partial charge in [-0.15, -0.1) is 0 Å². The molecule has 18 heavy (non-hydrogen) atoms. The second-order valence-corrected chi connectivity index (χ2v) is 3.40. The first kappa shape index (κ1) is 14.4. The van der Waals surface area contributed by atoms with Crippen molar-refractivity contribution in [2.45, 2.75) is 0 Å². The molecule has 6 heteroatoms. The molecule has 100 valence electrons. The number of carbonyl (C=O) groups excluding carboxylic acids is 2. The van der Waals surface area contributed by atoms with Gasteiger partial charge in [0.05, 0.1) is 13.2 Å². The fourth-order valence-electron chi connectivity index (χ4n) is 1.25. The first-order valence-electron chi connectivity index (χ1n) is 5.45. The van der Waals surface area contributed by atoms with E-state index in [0.717, 1.165) is 12.2 Å². The fourth-order valence-corrected chi connectivity index (χ4v) is 1.25. The van der Waals surface area contributed by atoms with Gasteiger partial charge in [0.15, 0.2) is 0 Å². The highest BCUT2D eigenvalue weighted by molar-refractivity contribution is 6.18. The molecule has 0 heterocycles. The van der Waals surface area contributed by atoms with Crippen molar-refractivity contribution in [3.8, 4) is 0 Å². The number of carbonyl (C=O) groups is 2. The maximum absolute atomic E-state index is 11.6. The Bertz CT molecular complexity index is 335. The van der Waals surface area contributed by atoms with Crippen molar-refractivity contribution in [1.29, 1.82) is 0 Å². The van der Waals surface area contributed by atoms with E-state index in [1.54, 1.807) is 0 Å². The fraction of sp³-hybridized carbons (Fsp3) is 0.500. The third-order valence-corrected chi connectivity index (χ3v) is 2.11. The molecule has 6 nitrogen and oxygen atoms in total. The van der Waals surface area contributed by atoms with Crippen molar-refractivity contribution in [2.24, 2.45) is 0 Å². The van der Waals surface area contributed by atoms with Crippen molar-refractivity contribution in [1.82, 2.24) is 0 Å². The van der Waals surface area contributed by atoms with Crippen LogP contribution in [0.1, 0.15) is 0 Å². The van der Waals surface area contributed by atoms with E-state index in [9.17, 15) is 9.59 Å². The van der Waals surface area contributed by atoms with Gasteiger partial charge in [-0.25, -0.2) is 0 Å². The van der Waals surface area contributed by atoms with Crippen LogP contribution in [0.15, 0.2) is 23.7 Å². The van der Waals surface area contributed by atoms with Crippen LogP contribution in [0.25, 0.3) is 0 Å². The lowest BCUT2D eigenvalue weighted by atomic mass is 10.1. The number of methoxy groups -OCH3 is 2. The predicted molar refractivity (Wildman–Crippen MR) is 61.8 cm³/mol. The van der Waals surface area contributed by atoms with Crippen LogP contribution in [-0.2, 0) is 28.5 Å². The summed E-state index contributed by atoms with van der Waals surface area (Å²) in [6, 6.07) is 0. The summed E-state index contributed by atoms with van der Waals surface area (Å²) in [6.07, 6.45) is 2.32. The van der Waals surface area contributed by atoms with Crippen LogP contribution < -0.4 is 0 Å². The van der Waals surface area contributed by atoms with Gasteiger partial charge in [0.1, 0.15) is 13.2 Å². The Morgan fingerprint density at radius 2 is 1.17 bits per heavy atom. The standard InChI is InChI=1S/C12H16O6/c1-15-5-7-17-11-9(13)3-4-10(14)12(11)18-8-6-16-2/h3-4H,5-8H2,1-2H3. The van der Waals surface area contributed by atoms with Gasteiger partial charge in [0.25, 0.3) is 0 Å². The molecule has 0 amide bonds. The van der Waals surface area contributed by atoms with Gasteiger partial charge >= 0.3 is 0 Å². The lowest BCUT2D eigenvalue weighted by Gasteiger charge is -2.15. The van der Waals surface area contributed by atoms with E-state index in [2.05, 4.69) is 0 Å². The van der Waals surface area contributed by atoms with Crippen molar-refractivity contribution < 1.29 is 28.5 Å². The minimum atomic E-state index is -0.391. The molecule has 0 fully saturated rings. The zero-order valence-corrected chi connectivity index (χ0v) is 10.4. The van der Waals surface area contributed by atoms with Crippen molar-refractivity contribution in [3.63, 3.8) is 0 Å². The quantitative estimate of drug-likeness (QED) is 0.457. The Morgan fingerprint density at radius 3 is 1.50 bits per heavy atom. The van der Waals surface area contributed by atoms with Gasteiger partial charge in [-0.05, 0) is 12.2 Å². The molecule has 0 atom stereocenters. The Hall–Kier alpha value is -1.66. The molecule has 0 aromatic carbocycles. The third-order valence-electron chi connectivity index (χ3n) is 2.11.